The molecule has 3 nitrogen and oxygen atoms in total. The van der Waals surface area contributed by atoms with Crippen molar-refractivity contribution in [3.63, 3.8) is 0 Å². The van der Waals surface area contributed by atoms with Crippen molar-refractivity contribution in [3.05, 3.63) is 0 Å². The van der Waals surface area contributed by atoms with Crippen LogP contribution in [0.15, 0.2) is 0 Å². The van der Waals surface area contributed by atoms with Gasteiger partial charge in [0, 0.05) is 18.0 Å². The number of rotatable bonds is 3. The van der Waals surface area contributed by atoms with Gasteiger partial charge in [-0.2, -0.15) is 0 Å². The fourth-order valence-electron chi connectivity index (χ4n) is 2.74. The summed E-state index contributed by atoms with van der Waals surface area (Å²) in [6, 6.07) is 1.08. The van der Waals surface area contributed by atoms with Gasteiger partial charge in [0.05, 0.1) is 0 Å². The zero-order valence-electron chi connectivity index (χ0n) is 10.7. The Morgan fingerprint density at radius 2 is 1.62 bits per heavy atom. The number of hydrogen-bond donors (Lipinski definition) is 2. The minimum absolute atomic E-state index is 0.256. The summed E-state index contributed by atoms with van der Waals surface area (Å²) in [5.41, 5.74) is 0.256. The molecule has 1 atom stereocenters. The average Bonchev–Trinajstić information content (AvgIpc) is 2.89. The van der Waals surface area contributed by atoms with Crippen LogP contribution < -0.4 is 10.6 Å². The Morgan fingerprint density at radius 1 is 1.12 bits per heavy atom. The third-order valence-electron chi connectivity index (χ3n) is 4.31. The maximum absolute atomic E-state index is 11.9. The Balaban J connectivity index is 1.73. The highest BCUT2D eigenvalue weighted by Gasteiger charge is 2.50. The third kappa shape index (κ3) is 2.57. The van der Waals surface area contributed by atoms with Crippen molar-refractivity contribution < 1.29 is 4.79 Å². The zero-order chi connectivity index (χ0) is 11.8. The van der Waals surface area contributed by atoms with Crippen LogP contribution in [0.3, 0.4) is 0 Å². The maximum Gasteiger partial charge on any atom is 0.223 e. The van der Waals surface area contributed by atoms with Gasteiger partial charge in [0.2, 0.25) is 5.91 Å². The summed E-state index contributed by atoms with van der Waals surface area (Å²) in [5.74, 6) is 0.562. The molecule has 2 aliphatic rings. The summed E-state index contributed by atoms with van der Waals surface area (Å²) in [6.45, 7) is 4.35. The first-order valence-electron chi connectivity index (χ1n) is 6.50. The first-order valence-corrected chi connectivity index (χ1v) is 6.50. The van der Waals surface area contributed by atoms with E-state index in [2.05, 4.69) is 24.5 Å². The second-order valence-corrected chi connectivity index (χ2v) is 6.09. The molecule has 0 aliphatic heterocycles. The van der Waals surface area contributed by atoms with Crippen molar-refractivity contribution in [2.24, 2.45) is 11.3 Å². The van der Waals surface area contributed by atoms with E-state index in [4.69, 9.17) is 0 Å². The van der Waals surface area contributed by atoms with Crippen LogP contribution in [-0.2, 0) is 4.79 Å². The van der Waals surface area contributed by atoms with Crippen molar-refractivity contribution >= 4 is 5.91 Å². The number of carbonyl (C=O) groups excluding carboxylic acids is 1. The Hall–Kier alpha value is -0.570. The largest absolute Gasteiger partial charge is 0.353 e. The fraction of sp³-hybridized carbons (Fsp3) is 0.923. The number of hydrogen-bond acceptors (Lipinski definition) is 2. The molecule has 2 fully saturated rings. The topological polar surface area (TPSA) is 41.1 Å². The summed E-state index contributed by atoms with van der Waals surface area (Å²) in [6.07, 6.45) is 5.70. The lowest BCUT2D eigenvalue weighted by atomic mass is 9.91. The molecule has 2 rings (SSSR count). The van der Waals surface area contributed by atoms with Gasteiger partial charge in [-0.15, -0.1) is 0 Å². The van der Waals surface area contributed by atoms with Gasteiger partial charge in [-0.1, -0.05) is 13.8 Å². The maximum atomic E-state index is 11.9. The predicted molar refractivity (Wildman–Crippen MR) is 65.1 cm³/mol. The van der Waals surface area contributed by atoms with Crippen LogP contribution in [0, 0.1) is 11.3 Å². The van der Waals surface area contributed by atoms with Crippen molar-refractivity contribution in [2.45, 2.75) is 58.0 Å². The van der Waals surface area contributed by atoms with E-state index >= 15 is 0 Å². The first-order chi connectivity index (χ1) is 7.53. The molecule has 2 aliphatic carbocycles. The molecule has 0 aromatic carbocycles. The van der Waals surface area contributed by atoms with Crippen LogP contribution in [0.4, 0.5) is 0 Å². The number of amides is 1. The summed E-state index contributed by atoms with van der Waals surface area (Å²) in [4.78, 5) is 11.9. The smallest absolute Gasteiger partial charge is 0.223 e. The molecule has 0 aromatic rings. The Kier molecular flexibility index (Phi) is 3.24. The Morgan fingerprint density at radius 3 is 2.06 bits per heavy atom. The molecule has 0 spiro atoms. The second kappa shape index (κ2) is 4.36. The highest BCUT2D eigenvalue weighted by Crippen LogP contribution is 2.51. The van der Waals surface area contributed by atoms with Crippen LogP contribution in [0.2, 0.25) is 0 Å². The van der Waals surface area contributed by atoms with E-state index in [0.29, 0.717) is 12.1 Å². The monoisotopic (exact) mass is 224 g/mol. The van der Waals surface area contributed by atoms with Crippen LogP contribution in [0.5, 0.6) is 0 Å². The van der Waals surface area contributed by atoms with Crippen LogP contribution in [0.1, 0.15) is 46.0 Å². The highest BCUT2D eigenvalue weighted by atomic mass is 16.2. The lowest BCUT2D eigenvalue weighted by Crippen LogP contribution is -2.42. The van der Waals surface area contributed by atoms with Crippen LogP contribution in [-0.4, -0.2) is 25.0 Å². The van der Waals surface area contributed by atoms with E-state index < -0.39 is 0 Å². The molecule has 2 N–H and O–H groups in total. The van der Waals surface area contributed by atoms with Gasteiger partial charge in [-0.3, -0.25) is 4.79 Å². The van der Waals surface area contributed by atoms with E-state index in [9.17, 15) is 4.79 Å². The zero-order valence-corrected chi connectivity index (χ0v) is 10.7. The van der Waals surface area contributed by atoms with E-state index in [1.54, 1.807) is 0 Å². The minimum Gasteiger partial charge on any atom is -0.353 e. The predicted octanol–water partition coefficient (Wildman–Crippen LogP) is 1.68. The first kappa shape index (κ1) is 11.9. The van der Waals surface area contributed by atoms with Gasteiger partial charge in [-0.25, -0.2) is 0 Å². The molecule has 0 bridgehead atoms. The van der Waals surface area contributed by atoms with Crippen LogP contribution >= 0.6 is 0 Å². The molecule has 1 unspecified atom stereocenters. The van der Waals surface area contributed by atoms with Crippen molar-refractivity contribution in [1.29, 1.82) is 0 Å². The van der Waals surface area contributed by atoms with Gasteiger partial charge in [0.1, 0.15) is 0 Å². The minimum atomic E-state index is 0.256. The van der Waals surface area contributed by atoms with Crippen molar-refractivity contribution in [2.75, 3.05) is 7.05 Å². The van der Waals surface area contributed by atoms with E-state index in [1.165, 1.54) is 12.8 Å². The van der Waals surface area contributed by atoms with E-state index in [0.717, 1.165) is 19.3 Å². The van der Waals surface area contributed by atoms with Gasteiger partial charge < -0.3 is 10.6 Å². The third-order valence-corrected chi connectivity index (χ3v) is 4.31. The molecule has 2 saturated carbocycles. The molecular weight excluding hydrogens is 200 g/mol. The summed E-state index contributed by atoms with van der Waals surface area (Å²) < 4.78 is 0. The lowest BCUT2D eigenvalue weighted by Gasteiger charge is -2.29. The SMILES string of the molecule is CNC1CCC(NC(=O)C2CC2(C)C)CC1. The Labute approximate surface area is 98.4 Å². The van der Waals surface area contributed by atoms with Gasteiger partial charge in [-0.05, 0) is 44.6 Å². The molecule has 16 heavy (non-hydrogen) atoms. The summed E-state index contributed by atoms with van der Waals surface area (Å²) in [5, 5.41) is 6.53. The Bertz CT molecular complexity index is 267. The molecule has 1 amide bonds. The molecule has 0 aromatic heterocycles. The van der Waals surface area contributed by atoms with E-state index in [1.807, 2.05) is 7.05 Å². The summed E-state index contributed by atoms with van der Waals surface area (Å²) in [7, 11) is 2.02. The highest BCUT2D eigenvalue weighted by molar-refractivity contribution is 5.82. The van der Waals surface area contributed by atoms with Crippen molar-refractivity contribution in [3.8, 4) is 0 Å². The van der Waals surface area contributed by atoms with Crippen LogP contribution in [0.25, 0.3) is 0 Å². The summed E-state index contributed by atoms with van der Waals surface area (Å²) >= 11 is 0. The molecule has 0 heterocycles. The van der Waals surface area contributed by atoms with E-state index in [-0.39, 0.29) is 17.2 Å². The quantitative estimate of drug-likeness (QED) is 0.766. The number of carbonyl (C=O) groups is 1. The molecule has 0 radical (unpaired) electrons. The average molecular weight is 224 g/mol. The van der Waals surface area contributed by atoms with Gasteiger partial charge in [0.25, 0.3) is 0 Å². The standard InChI is InChI=1S/C13H24N2O/c1-13(2)8-11(13)12(16)15-10-6-4-9(14-3)5-7-10/h9-11,14H,4-8H2,1-3H3,(H,15,16). The lowest BCUT2D eigenvalue weighted by molar-refractivity contribution is -0.123. The second-order valence-electron chi connectivity index (χ2n) is 6.09. The van der Waals surface area contributed by atoms with Crippen molar-refractivity contribution in [1.82, 2.24) is 10.6 Å². The molecule has 92 valence electrons. The normalized spacial score (nSPS) is 36.8. The molecule has 3 heteroatoms. The molecular formula is C13H24N2O. The number of nitrogens with one attached hydrogen (secondary N) is 2. The van der Waals surface area contributed by atoms with Gasteiger partial charge >= 0.3 is 0 Å². The molecule has 0 saturated heterocycles. The van der Waals surface area contributed by atoms with Gasteiger partial charge in [0.15, 0.2) is 0 Å². The fourth-order valence-corrected chi connectivity index (χ4v) is 2.74.